The molecule has 1 saturated heterocycles. The normalized spacial score (nSPS) is 24.9. The Morgan fingerprint density at radius 1 is 1.50 bits per heavy atom. The van der Waals surface area contributed by atoms with Crippen molar-refractivity contribution in [1.29, 1.82) is 0 Å². The first-order chi connectivity index (χ1) is 7.52. The summed E-state index contributed by atoms with van der Waals surface area (Å²) in [5.74, 6) is 0.708. The molecule has 0 bridgehead atoms. The Morgan fingerprint density at radius 3 is 2.75 bits per heavy atom. The van der Waals surface area contributed by atoms with Gasteiger partial charge < -0.3 is 15.4 Å². The van der Waals surface area contributed by atoms with Gasteiger partial charge in [-0.25, -0.2) is 0 Å². The average molecular weight is 241 g/mol. The fourth-order valence-corrected chi connectivity index (χ4v) is 2.31. The van der Waals surface area contributed by atoms with Gasteiger partial charge >= 0.3 is 0 Å². The van der Waals surface area contributed by atoms with Crippen molar-refractivity contribution in [1.82, 2.24) is 0 Å². The highest BCUT2D eigenvalue weighted by Crippen LogP contribution is 2.31. The number of benzene rings is 1. The molecule has 1 unspecified atom stereocenters. The summed E-state index contributed by atoms with van der Waals surface area (Å²) in [6.07, 6.45) is 1.01. The molecule has 0 spiro atoms. The lowest BCUT2D eigenvalue weighted by molar-refractivity contribution is 0.415. The molecule has 1 heterocycles. The first kappa shape index (κ1) is 11.6. The molecule has 0 radical (unpaired) electrons. The highest BCUT2D eigenvalue weighted by Gasteiger charge is 2.29. The summed E-state index contributed by atoms with van der Waals surface area (Å²) >= 11 is 6.10. The van der Waals surface area contributed by atoms with Gasteiger partial charge in [0.1, 0.15) is 5.75 Å². The molecule has 3 nitrogen and oxygen atoms in total. The molecular weight excluding hydrogens is 224 g/mol. The molecule has 1 fully saturated rings. The number of nitrogens with zero attached hydrogens (tertiary/aromatic N) is 1. The Bertz CT molecular complexity index is 393. The molecule has 4 heteroatoms. The number of halogens is 1. The van der Waals surface area contributed by atoms with Crippen LogP contribution >= 0.6 is 11.6 Å². The largest absolute Gasteiger partial charge is 0.495 e. The van der Waals surface area contributed by atoms with Crippen LogP contribution in [0.1, 0.15) is 13.3 Å². The van der Waals surface area contributed by atoms with E-state index in [0.29, 0.717) is 10.8 Å². The van der Waals surface area contributed by atoms with Gasteiger partial charge in [-0.2, -0.15) is 0 Å². The van der Waals surface area contributed by atoms with Gasteiger partial charge in [-0.05, 0) is 31.5 Å². The molecule has 1 aromatic carbocycles. The Kier molecular flexibility index (Phi) is 3.00. The van der Waals surface area contributed by atoms with E-state index < -0.39 is 0 Å². The minimum Gasteiger partial charge on any atom is -0.495 e. The molecule has 16 heavy (non-hydrogen) atoms. The number of nitrogens with two attached hydrogens (primary N) is 1. The van der Waals surface area contributed by atoms with Crippen molar-refractivity contribution in [2.75, 3.05) is 25.1 Å². The van der Waals surface area contributed by atoms with E-state index in [4.69, 9.17) is 22.1 Å². The van der Waals surface area contributed by atoms with Crippen molar-refractivity contribution in [3.8, 4) is 5.75 Å². The Morgan fingerprint density at radius 2 is 2.25 bits per heavy atom. The highest BCUT2D eigenvalue weighted by atomic mass is 35.5. The maximum atomic E-state index is 6.10. The van der Waals surface area contributed by atoms with E-state index >= 15 is 0 Å². The standard InChI is InChI=1S/C12H17ClN2O/c1-12(14)5-6-15(8-12)9-3-4-11(16-2)10(13)7-9/h3-4,7H,5-6,8,14H2,1-2H3. The van der Waals surface area contributed by atoms with Crippen molar-refractivity contribution >= 4 is 17.3 Å². The number of hydrogen-bond donors (Lipinski definition) is 1. The summed E-state index contributed by atoms with van der Waals surface area (Å²) < 4.78 is 5.13. The number of methoxy groups -OCH3 is 1. The lowest BCUT2D eigenvalue weighted by atomic mass is 10.0. The average Bonchev–Trinajstić information content (AvgIpc) is 2.59. The number of rotatable bonds is 2. The van der Waals surface area contributed by atoms with E-state index in [1.807, 2.05) is 18.2 Å². The van der Waals surface area contributed by atoms with Crippen LogP contribution in [0.5, 0.6) is 5.75 Å². The van der Waals surface area contributed by atoms with Crippen LogP contribution in [0.2, 0.25) is 5.02 Å². The van der Waals surface area contributed by atoms with Crippen molar-refractivity contribution in [2.24, 2.45) is 5.73 Å². The van der Waals surface area contributed by atoms with Crippen LogP contribution in [0.4, 0.5) is 5.69 Å². The molecule has 0 saturated carbocycles. The molecule has 0 aliphatic carbocycles. The number of ether oxygens (including phenoxy) is 1. The van der Waals surface area contributed by atoms with Gasteiger partial charge in [0.15, 0.2) is 0 Å². The molecule has 1 aliphatic rings. The number of anilines is 1. The van der Waals surface area contributed by atoms with E-state index in [1.54, 1.807) is 7.11 Å². The van der Waals surface area contributed by atoms with Crippen LogP contribution in [0.15, 0.2) is 18.2 Å². The van der Waals surface area contributed by atoms with Crippen LogP contribution in [-0.2, 0) is 0 Å². The fourth-order valence-electron chi connectivity index (χ4n) is 2.06. The van der Waals surface area contributed by atoms with E-state index in [-0.39, 0.29) is 5.54 Å². The lowest BCUT2D eigenvalue weighted by Crippen LogP contribution is -2.39. The van der Waals surface area contributed by atoms with E-state index in [9.17, 15) is 0 Å². The molecular formula is C12H17ClN2O. The van der Waals surface area contributed by atoms with Crippen molar-refractivity contribution in [3.63, 3.8) is 0 Å². The zero-order valence-electron chi connectivity index (χ0n) is 9.66. The minimum absolute atomic E-state index is 0.0909. The van der Waals surface area contributed by atoms with Gasteiger partial charge in [-0.1, -0.05) is 11.6 Å². The highest BCUT2D eigenvalue weighted by molar-refractivity contribution is 6.32. The summed E-state index contributed by atoms with van der Waals surface area (Å²) in [5.41, 5.74) is 7.12. The summed E-state index contributed by atoms with van der Waals surface area (Å²) in [7, 11) is 1.62. The Labute approximate surface area is 101 Å². The topological polar surface area (TPSA) is 38.5 Å². The molecule has 2 rings (SSSR count). The van der Waals surface area contributed by atoms with Gasteiger partial charge in [0, 0.05) is 24.3 Å². The summed E-state index contributed by atoms with van der Waals surface area (Å²) in [6.45, 7) is 3.93. The van der Waals surface area contributed by atoms with Gasteiger partial charge in [-0.3, -0.25) is 0 Å². The predicted octanol–water partition coefficient (Wildman–Crippen LogP) is 2.28. The summed E-state index contributed by atoms with van der Waals surface area (Å²) in [5, 5.41) is 0.644. The second-order valence-corrected chi connectivity index (χ2v) is 5.05. The molecule has 88 valence electrons. The zero-order chi connectivity index (χ0) is 11.8. The molecule has 1 aliphatic heterocycles. The first-order valence-electron chi connectivity index (χ1n) is 5.39. The summed E-state index contributed by atoms with van der Waals surface area (Å²) in [6, 6.07) is 5.84. The van der Waals surface area contributed by atoms with Crippen molar-refractivity contribution in [2.45, 2.75) is 18.9 Å². The quantitative estimate of drug-likeness (QED) is 0.862. The molecule has 0 amide bonds. The predicted molar refractivity (Wildman–Crippen MR) is 67.4 cm³/mol. The molecule has 2 N–H and O–H groups in total. The smallest absolute Gasteiger partial charge is 0.137 e. The third-order valence-corrected chi connectivity index (χ3v) is 3.30. The van der Waals surface area contributed by atoms with Crippen molar-refractivity contribution in [3.05, 3.63) is 23.2 Å². The van der Waals surface area contributed by atoms with Gasteiger partial charge in [0.25, 0.3) is 0 Å². The second kappa shape index (κ2) is 4.15. The number of hydrogen-bond acceptors (Lipinski definition) is 3. The third-order valence-electron chi connectivity index (χ3n) is 3.01. The molecule has 1 atom stereocenters. The van der Waals surface area contributed by atoms with Gasteiger partial charge in [0.2, 0.25) is 0 Å². The Hall–Kier alpha value is -0.930. The lowest BCUT2D eigenvalue weighted by Gasteiger charge is -2.22. The van der Waals surface area contributed by atoms with Crippen LogP contribution < -0.4 is 15.4 Å². The SMILES string of the molecule is COc1ccc(N2CCC(C)(N)C2)cc1Cl. The monoisotopic (exact) mass is 240 g/mol. The van der Waals surface area contributed by atoms with E-state index in [0.717, 1.165) is 25.2 Å². The zero-order valence-corrected chi connectivity index (χ0v) is 10.4. The second-order valence-electron chi connectivity index (χ2n) is 4.64. The van der Waals surface area contributed by atoms with Crippen LogP contribution in [-0.4, -0.2) is 25.7 Å². The third kappa shape index (κ3) is 2.25. The Balaban J connectivity index is 2.20. The summed E-state index contributed by atoms with van der Waals surface area (Å²) in [4.78, 5) is 2.26. The minimum atomic E-state index is -0.0909. The van der Waals surface area contributed by atoms with Crippen LogP contribution in [0, 0.1) is 0 Å². The first-order valence-corrected chi connectivity index (χ1v) is 5.77. The van der Waals surface area contributed by atoms with Crippen LogP contribution in [0.25, 0.3) is 0 Å². The molecule has 1 aromatic rings. The maximum Gasteiger partial charge on any atom is 0.137 e. The van der Waals surface area contributed by atoms with Gasteiger partial charge in [0.05, 0.1) is 12.1 Å². The molecule has 0 aromatic heterocycles. The van der Waals surface area contributed by atoms with E-state index in [2.05, 4.69) is 11.8 Å². The fraction of sp³-hybridized carbons (Fsp3) is 0.500. The van der Waals surface area contributed by atoms with Crippen LogP contribution in [0.3, 0.4) is 0 Å². The maximum absolute atomic E-state index is 6.10. The van der Waals surface area contributed by atoms with Crippen molar-refractivity contribution < 1.29 is 4.74 Å². The van der Waals surface area contributed by atoms with Gasteiger partial charge in [-0.15, -0.1) is 0 Å². The van der Waals surface area contributed by atoms with E-state index in [1.165, 1.54) is 0 Å².